The molecule has 0 aromatic heterocycles. The second-order valence-electron chi connectivity index (χ2n) is 4.61. The van der Waals surface area contributed by atoms with Crippen LogP contribution < -0.4 is 10.6 Å². The standard InChI is InChI=1S/C14H20N2/c1-11-5-6-14-13(8-11)4-3-7-16(14)10-12(2)9-15/h5-6,8H,2-4,7,9-10,15H2,1H3. The average molecular weight is 216 g/mol. The van der Waals surface area contributed by atoms with E-state index in [4.69, 9.17) is 5.73 Å². The first-order valence-corrected chi connectivity index (χ1v) is 5.92. The normalized spacial score (nSPS) is 14.8. The maximum absolute atomic E-state index is 5.61. The van der Waals surface area contributed by atoms with E-state index in [1.165, 1.54) is 29.7 Å². The smallest absolute Gasteiger partial charge is 0.0401 e. The van der Waals surface area contributed by atoms with E-state index in [2.05, 4.69) is 36.6 Å². The minimum atomic E-state index is 0.581. The summed E-state index contributed by atoms with van der Waals surface area (Å²) in [5.41, 5.74) is 10.9. The molecule has 0 aliphatic carbocycles. The van der Waals surface area contributed by atoms with Gasteiger partial charge in [-0.25, -0.2) is 0 Å². The number of rotatable bonds is 3. The van der Waals surface area contributed by atoms with Crippen molar-refractivity contribution in [1.29, 1.82) is 0 Å². The van der Waals surface area contributed by atoms with Gasteiger partial charge in [-0.15, -0.1) is 0 Å². The third kappa shape index (κ3) is 2.27. The van der Waals surface area contributed by atoms with Gasteiger partial charge in [0.05, 0.1) is 0 Å². The molecule has 16 heavy (non-hydrogen) atoms. The van der Waals surface area contributed by atoms with Crippen molar-refractivity contribution >= 4 is 5.69 Å². The molecule has 0 amide bonds. The Morgan fingerprint density at radius 2 is 2.31 bits per heavy atom. The van der Waals surface area contributed by atoms with Gasteiger partial charge in [-0.05, 0) is 37.0 Å². The summed E-state index contributed by atoms with van der Waals surface area (Å²) in [7, 11) is 0. The van der Waals surface area contributed by atoms with Crippen molar-refractivity contribution < 1.29 is 0 Å². The van der Waals surface area contributed by atoms with Gasteiger partial charge in [-0.2, -0.15) is 0 Å². The lowest BCUT2D eigenvalue weighted by Gasteiger charge is -2.32. The van der Waals surface area contributed by atoms with Crippen LogP contribution in [-0.2, 0) is 6.42 Å². The molecule has 0 saturated heterocycles. The number of hydrogen-bond donors (Lipinski definition) is 1. The Morgan fingerprint density at radius 1 is 1.50 bits per heavy atom. The molecule has 2 rings (SSSR count). The molecule has 0 atom stereocenters. The van der Waals surface area contributed by atoms with Crippen molar-refractivity contribution in [2.75, 3.05) is 24.5 Å². The van der Waals surface area contributed by atoms with Gasteiger partial charge < -0.3 is 10.6 Å². The molecule has 0 bridgehead atoms. The van der Waals surface area contributed by atoms with Gasteiger partial charge in [0.1, 0.15) is 0 Å². The van der Waals surface area contributed by atoms with E-state index >= 15 is 0 Å². The Hall–Kier alpha value is -1.28. The summed E-state index contributed by atoms with van der Waals surface area (Å²) in [4.78, 5) is 2.40. The number of anilines is 1. The molecular weight excluding hydrogens is 196 g/mol. The molecule has 0 unspecified atom stereocenters. The Kier molecular flexibility index (Phi) is 3.30. The van der Waals surface area contributed by atoms with Crippen LogP contribution in [0.2, 0.25) is 0 Å². The maximum Gasteiger partial charge on any atom is 0.0401 e. The van der Waals surface area contributed by atoms with Crippen molar-refractivity contribution in [3.8, 4) is 0 Å². The SMILES string of the molecule is C=C(CN)CN1CCCc2cc(C)ccc21. The number of hydrogen-bond acceptors (Lipinski definition) is 2. The van der Waals surface area contributed by atoms with E-state index < -0.39 is 0 Å². The second kappa shape index (κ2) is 4.71. The van der Waals surface area contributed by atoms with Crippen molar-refractivity contribution in [1.82, 2.24) is 0 Å². The maximum atomic E-state index is 5.61. The largest absolute Gasteiger partial charge is 0.367 e. The van der Waals surface area contributed by atoms with Gasteiger partial charge in [-0.1, -0.05) is 24.3 Å². The van der Waals surface area contributed by atoms with Crippen LogP contribution >= 0.6 is 0 Å². The zero-order chi connectivity index (χ0) is 11.5. The van der Waals surface area contributed by atoms with Crippen LogP contribution in [0, 0.1) is 6.92 Å². The molecule has 1 aliphatic heterocycles. The molecule has 1 heterocycles. The van der Waals surface area contributed by atoms with E-state index in [9.17, 15) is 0 Å². The fourth-order valence-electron chi connectivity index (χ4n) is 2.30. The third-order valence-electron chi connectivity index (χ3n) is 3.15. The van der Waals surface area contributed by atoms with E-state index in [0.29, 0.717) is 6.54 Å². The van der Waals surface area contributed by atoms with Gasteiger partial charge in [0.2, 0.25) is 0 Å². The average Bonchev–Trinajstić information content (AvgIpc) is 2.28. The summed E-state index contributed by atoms with van der Waals surface area (Å²) < 4.78 is 0. The lowest BCUT2D eigenvalue weighted by molar-refractivity contribution is 0.710. The van der Waals surface area contributed by atoms with E-state index in [1.54, 1.807) is 0 Å². The highest BCUT2D eigenvalue weighted by Crippen LogP contribution is 2.28. The fourth-order valence-corrected chi connectivity index (χ4v) is 2.30. The first-order valence-electron chi connectivity index (χ1n) is 5.92. The topological polar surface area (TPSA) is 29.3 Å². The predicted octanol–water partition coefficient (Wildman–Crippen LogP) is 2.26. The van der Waals surface area contributed by atoms with Gasteiger partial charge in [0.25, 0.3) is 0 Å². The van der Waals surface area contributed by atoms with Crippen LogP contribution in [0.3, 0.4) is 0 Å². The van der Waals surface area contributed by atoms with Crippen molar-refractivity contribution in [3.05, 3.63) is 41.5 Å². The lowest BCUT2D eigenvalue weighted by Crippen LogP contribution is -2.32. The van der Waals surface area contributed by atoms with Gasteiger partial charge >= 0.3 is 0 Å². The Balaban J connectivity index is 2.23. The van der Waals surface area contributed by atoms with Gasteiger partial charge in [0, 0.05) is 25.3 Å². The summed E-state index contributed by atoms with van der Waals surface area (Å²) in [6.45, 7) is 8.74. The van der Waals surface area contributed by atoms with E-state index in [0.717, 1.165) is 18.7 Å². The minimum absolute atomic E-state index is 0.581. The molecule has 2 heteroatoms. The molecule has 0 radical (unpaired) electrons. The summed E-state index contributed by atoms with van der Waals surface area (Å²) in [5, 5.41) is 0. The molecule has 86 valence electrons. The molecule has 0 spiro atoms. The molecule has 2 nitrogen and oxygen atoms in total. The molecule has 1 aromatic rings. The highest BCUT2D eigenvalue weighted by molar-refractivity contribution is 5.57. The lowest BCUT2D eigenvalue weighted by atomic mass is 9.99. The van der Waals surface area contributed by atoms with Crippen LogP contribution in [0.5, 0.6) is 0 Å². The molecule has 0 saturated carbocycles. The highest BCUT2D eigenvalue weighted by atomic mass is 15.1. The van der Waals surface area contributed by atoms with Crippen LogP contribution in [0.15, 0.2) is 30.4 Å². The van der Waals surface area contributed by atoms with Gasteiger partial charge in [0.15, 0.2) is 0 Å². The summed E-state index contributed by atoms with van der Waals surface area (Å²) >= 11 is 0. The summed E-state index contributed by atoms with van der Waals surface area (Å²) in [6.07, 6.45) is 2.43. The van der Waals surface area contributed by atoms with Crippen LogP contribution in [-0.4, -0.2) is 19.6 Å². The van der Waals surface area contributed by atoms with Crippen LogP contribution in [0.25, 0.3) is 0 Å². The second-order valence-corrected chi connectivity index (χ2v) is 4.61. The fraction of sp³-hybridized carbons (Fsp3) is 0.429. The Labute approximate surface area is 97.8 Å². The zero-order valence-corrected chi connectivity index (χ0v) is 10.00. The van der Waals surface area contributed by atoms with Gasteiger partial charge in [-0.3, -0.25) is 0 Å². The van der Waals surface area contributed by atoms with Crippen LogP contribution in [0.4, 0.5) is 5.69 Å². The van der Waals surface area contributed by atoms with Crippen LogP contribution in [0.1, 0.15) is 17.5 Å². The minimum Gasteiger partial charge on any atom is -0.367 e. The number of nitrogens with zero attached hydrogens (tertiary/aromatic N) is 1. The third-order valence-corrected chi connectivity index (χ3v) is 3.15. The quantitative estimate of drug-likeness (QED) is 0.785. The Bertz CT molecular complexity index is 396. The Morgan fingerprint density at radius 3 is 3.06 bits per heavy atom. The first kappa shape index (κ1) is 11.2. The van der Waals surface area contributed by atoms with E-state index in [-0.39, 0.29) is 0 Å². The monoisotopic (exact) mass is 216 g/mol. The number of benzene rings is 1. The van der Waals surface area contributed by atoms with Crippen molar-refractivity contribution in [3.63, 3.8) is 0 Å². The number of fused-ring (bicyclic) bond motifs is 1. The molecule has 1 aromatic carbocycles. The predicted molar refractivity (Wildman–Crippen MR) is 69.9 cm³/mol. The number of aryl methyl sites for hydroxylation is 2. The highest BCUT2D eigenvalue weighted by Gasteiger charge is 2.16. The molecule has 1 aliphatic rings. The molecular formula is C14H20N2. The first-order chi connectivity index (χ1) is 7.70. The van der Waals surface area contributed by atoms with Crippen molar-refractivity contribution in [2.45, 2.75) is 19.8 Å². The van der Waals surface area contributed by atoms with E-state index in [1.807, 2.05) is 0 Å². The molecule has 0 fully saturated rings. The molecule has 2 N–H and O–H groups in total. The summed E-state index contributed by atoms with van der Waals surface area (Å²) in [5.74, 6) is 0. The zero-order valence-electron chi connectivity index (χ0n) is 10.00. The van der Waals surface area contributed by atoms with Crippen molar-refractivity contribution in [2.24, 2.45) is 5.73 Å². The summed E-state index contributed by atoms with van der Waals surface area (Å²) in [6, 6.07) is 6.71. The number of nitrogens with two attached hydrogens (primary N) is 1.